The number of aliphatic hydroxyl groups excluding tert-OH is 1. The molecule has 1 aromatic carbocycles. The number of hydrogen-bond acceptors (Lipinski definition) is 3. The SMILES string of the molecule is CC(C)(CO)c1ccc2c(c1Br)OCCCO2. The van der Waals surface area contributed by atoms with Gasteiger partial charge in [-0.3, -0.25) is 0 Å². The molecule has 1 aliphatic rings. The normalized spacial score (nSPS) is 15.5. The first-order valence-corrected chi connectivity index (χ1v) is 6.55. The van der Waals surface area contributed by atoms with Crippen molar-refractivity contribution in [2.75, 3.05) is 19.8 Å². The third kappa shape index (κ3) is 2.43. The van der Waals surface area contributed by atoms with Crippen molar-refractivity contribution in [1.82, 2.24) is 0 Å². The number of benzene rings is 1. The third-order valence-electron chi connectivity index (χ3n) is 2.98. The van der Waals surface area contributed by atoms with E-state index in [1.165, 1.54) is 0 Å². The lowest BCUT2D eigenvalue weighted by Gasteiger charge is -2.25. The molecule has 17 heavy (non-hydrogen) atoms. The second kappa shape index (κ2) is 4.86. The van der Waals surface area contributed by atoms with Gasteiger partial charge in [0.15, 0.2) is 11.5 Å². The van der Waals surface area contributed by atoms with Crippen molar-refractivity contribution in [3.63, 3.8) is 0 Å². The van der Waals surface area contributed by atoms with Gasteiger partial charge < -0.3 is 14.6 Å². The van der Waals surface area contributed by atoms with Crippen LogP contribution in [0.2, 0.25) is 0 Å². The number of halogens is 1. The summed E-state index contributed by atoms with van der Waals surface area (Å²) >= 11 is 3.56. The van der Waals surface area contributed by atoms with E-state index < -0.39 is 0 Å². The smallest absolute Gasteiger partial charge is 0.175 e. The van der Waals surface area contributed by atoms with Crippen molar-refractivity contribution in [3.8, 4) is 11.5 Å². The van der Waals surface area contributed by atoms with E-state index in [-0.39, 0.29) is 12.0 Å². The Kier molecular flexibility index (Phi) is 3.64. The van der Waals surface area contributed by atoms with Crippen LogP contribution in [0.3, 0.4) is 0 Å². The van der Waals surface area contributed by atoms with Crippen LogP contribution < -0.4 is 9.47 Å². The molecule has 0 radical (unpaired) electrons. The van der Waals surface area contributed by atoms with E-state index in [0.717, 1.165) is 28.0 Å². The zero-order valence-corrected chi connectivity index (χ0v) is 11.7. The second-order valence-corrected chi connectivity index (χ2v) is 5.64. The number of fused-ring (bicyclic) bond motifs is 1. The van der Waals surface area contributed by atoms with Crippen LogP contribution in [0.5, 0.6) is 11.5 Å². The highest BCUT2D eigenvalue weighted by Crippen LogP contribution is 2.43. The number of aliphatic hydroxyl groups is 1. The quantitative estimate of drug-likeness (QED) is 0.913. The average Bonchev–Trinajstić information content (AvgIpc) is 2.55. The monoisotopic (exact) mass is 300 g/mol. The number of ether oxygens (including phenoxy) is 2. The highest BCUT2D eigenvalue weighted by Gasteiger charge is 2.26. The molecule has 0 aliphatic carbocycles. The summed E-state index contributed by atoms with van der Waals surface area (Å²) in [5.41, 5.74) is 0.730. The zero-order chi connectivity index (χ0) is 12.5. The van der Waals surface area contributed by atoms with Gasteiger partial charge in [0.1, 0.15) is 0 Å². The van der Waals surface area contributed by atoms with Gasteiger partial charge in [0, 0.05) is 11.8 Å². The van der Waals surface area contributed by atoms with Gasteiger partial charge in [-0.05, 0) is 27.6 Å². The number of hydrogen-bond donors (Lipinski definition) is 1. The third-order valence-corrected chi connectivity index (χ3v) is 3.77. The van der Waals surface area contributed by atoms with Crippen LogP contribution in [-0.2, 0) is 5.41 Å². The summed E-state index contributed by atoms with van der Waals surface area (Å²) in [5, 5.41) is 9.44. The summed E-state index contributed by atoms with van der Waals surface area (Å²) in [7, 11) is 0. The van der Waals surface area contributed by atoms with Gasteiger partial charge >= 0.3 is 0 Å². The zero-order valence-electron chi connectivity index (χ0n) is 10.1. The summed E-state index contributed by atoms with van der Waals surface area (Å²) in [4.78, 5) is 0. The second-order valence-electron chi connectivity index (χ2n) is 4.85. The van der Waals surface area contributed by atoms with Crippen molar-refractivity contribution in [2.45, 2.75) is 25.7 Å². The van der Waals surface area contributed by atoms with Crippen molar-refractivity contribution in [1.29, 1.82) is 0 Å². The van der Waals surface area contributed by atoms with Crippen LogP contribution >= 0.6 is 15.9 Å². The minimum Gasteiger partial charge on any atom is -0.490 e. The fraction of sp³-hybridized carbons (Fsp3) is 0.538. The predicted molar refractivity (Wildman–Crippen MR) is 69.9 cm³/mol. The molecule has 3 nitrogen and oxygen atoms in total. The van der Waals surface area contributed by atoms with Gasteiger partial charge in [-0.25, -0.2) is 0 Å². The molecule has 1 aromatic rings. The van der Waals surface area contributed by atoms with E-state index in [0.29, 0.717) is 13.2 Å². The molecule has 1 N–H and O–H groups in total. The van der Waals surface area contributed by atoms with Gasteiger partial charge in [0.05, 0.1) is 24.3 Å². The largest absolute Gasteiger partial charge is 0.490 e. The lowest BCUT2D eigenvalue weighted by Crippen LogP contribution is -2.22. The maximum atomic E-state index is 9.44. The van der Waals surface area contributed by atoms with E-state index in [1.807, 2.05) is 26.0 Å². The minimum atomic E-state index is -0.302. The van der Waals surface area contributed by atoms with Crippen LogP contribution in [0.25, 0.3) is 0 Å². The van der Waals surface area contributed by atoms with Crippen LogP contribution in [0, 0.1) is 0 Å². The molecule has 94 valence electrons. The summed E-state index contributed by atoms with van der Waals surface area (Å²) in [6.07, 6.45) is 0.889. The van der Waals surface area contributed by atoms with Crippen LogP contribution in [0.15, 0.2) is 16.6 Å². The first-order chi connectivity index (χ1) is 8.06. The molecule has 0 spiro atoms. The Balaban J connectivity index is 2.48. The van der Waals surface area contributed by atoms with Crippen LogP contribution in [-0.4, -0.2) is 24.9 Å². The van der Waals surface area contributed by atoms with Gasteiger partial charge in [-0.1, -0.05) is 19.9 Å². The highest BCUT2D eigenvalue weighted by atomic mass is 79.9. The lowest BCUT2D eigenvalue weighted by molar-refractivity contribution is 0.217. The van der Waals surface area contributed by atoms with Crippen LogP contribution in [0.1, 0.15) is 25.8 Å². The molecular formula is C13H17BrO3. The molecule has 0 bridgehead atoms. The Hall–Kier alpha value is -0.740. The standard InChI is InChI=1S/C13H17BrO3/c1-13(2,8-15)9-4-5-10-12(11(9)14)17-7-3-6-16-10/h4-5,15H,3,6-8H2,1-2H3. The van der Waals surface area contributed by atoms with Gasteiger partial charge in [-0.15, -0.1) is 0 Å². The molecule has 4 heteroatoms. The lowest BCUT2D eigenvalue weighted by atomic mass is 9.85. The summed E-state index contributed by atoms with van der Waals surface area (Å²) in [6, 6.07) is 3.89. The average molecular weight is 301 g/mol. The molecule has 1 heterocycles. The van der Waals surface area contributed by atoms with E-state index in [2.05, 4.69) is 15.9 Å². The molecule has 0 fully saturated rings. The first-order valence-electron chi connectivity index (χ1n) is 5.76. The summed E-state index contributed by atoms with van der Waals surface area (Å²) < 4.78 is 12.2. The van der Waals surface area contributed by atoms with E-state index in [9.17, 15) is 5.11 Å². The fourth-order valence-electron chi connectivity index (χ4n) is 1.81. The molecule has 0 saturated heterocycles. The Bertz CT molecular complexity index is 415. The molecule has 0 aromatic heterocycles. The van der Waals surface area contributed by atoms with E-state index >= 15 is 0 Å². The molecule has 2 rings (SSSR count). The molecular weight excluding hydrogens is 284 g/mol. The maximum Gasteiger partial charge on any atom is 0.175 e. The molecule has 0 atom stereocenters. The van der Waals surface area contributed by atoms with Crippen molar-refractivity contribution in [3.05, 3.63) is 22.2 Å². The minimum absolute atomic E-state index is 0.0885. The molecule has 0 saturated carbocycles. The Morgan fingerprint density at radius 1 is 1.29 bits per heavy atom. The Labute approximate surface area is 110 Å². The van der Waals surface area contributed by atoms with Crippen LogP contribution in [0.4, 0.5) is 0 Å². The maximum absolute atomic E-state index is 9.44. The van der Waals surface area contributed by atoms with Crippen molar-refractivity contribution >= 4 is 15.9 Å². The highest BCUT2D eigenvalue weighted by molar-refractivity contribution is 9.10. The van der Waals surface area contributed by atoms with Gasteiger partial charge in [-0.2, -0.15) is 0 Å². The molecule has 0 unspecified atom stereocenters. The Morgan fingerprint density at radius 3 is 2.71 bits per heavy atom. The number of rotatable bonds is 2. The molecule has 1 aliphatic heterocycles. The first kappa shape index (κ1) is 12.7. The van der Waals surface area contributed by atoms with Crippen molar-refractivity contribution < 1.29 is 14.6 Å². The van der Waals surface area contributed by atoms with Crippen molar-refractivity contribution in [2.24, 2.45) is 0 Å². The molecule has 0 amide bonds. The summed E-state index contributed by atoms with van der Waals surface area (Å²) in [6.45, 7) is 5.43. The summed E-state index contributed by atoms with van der Waals surface area (Å²) in [5.74, 6) is 1.52. The van der Waals surface area contributed by atoms with Gasteiger partial charge in [0.25, 0.3) is 0 Å². The van der Waals surface area contributed by atoms with Gasteiger partial charge in [0.2, 0.25) is 0 Å². The van der Waals surface area contributed by atoms with E-state index in [4.69, 9.17) is 9.47 Å². The topological polar surface area (TPSA) is 38.7 Å². The predicted octanol–water partition coefficient (Wildman–Crippen LogP) is 2.88. The Morgan fingerprint density at radius 2 is 2.00 bits per heavy atom. The fourth-order valence-corrected chi connectivity index (χ4v) is 2.79. The van der Waals surface area contributed by atoms with E-state index in [1.54, 1.807) is 0 Å².